The number of benzene rings is 1. The number of para-hydroxylation sites is 2. The highest BCUT2D eigenvalue weighted by molar-refractivity contribution is 5.83. The molecule has 0 bridgehead atoms. The second-order valence-corrected chi connectivity index (χ2v) is 8.00. The van der Waals surface area contributed by atoms with Crippen molar-refractivity contribution in [1.82, 2.24) is 24.4 Å². The maximum atomic E-state index is 13.2. The minimum Gasteiger partial charge on any atom is -0.495 e. The molecule has 12 heteroatoms. The highest BCUT2D eigenvalue weighted by Gasteiger charge is 2.49. The van der Waals surface area contributed by atoms with Crippen molar-refractivity contribution < 1.29 is 24.5 Å². The summed E-state index contributed by atoms with van der Waals surface area (Å²) in [4.78, 5) is 29.2. The van der Waals surface area contributed by atoms with Crippen LogP contribution in [0.25, 0.3) is 11.2 Å². The fourth-order valence-corrected chi connectivity index (χ4v) is 4.39. The molecule has 2 saturated heterocycles. The second kappa shape index (κ2) is 8.46. The standard InChI is InChI=1S/C21H25N7O5/c1-32-13-5-3-2-4-12(13)26-6-8-27(9-7-26)20(31)17-15(29)16(30)21(33-17)28-11-25-14-18(22)23-10-24-19(14)28/h2-5,10-11,15-17,21,29-30H,6-9H2,1H3,(H2,22,23,24)/t15-,16+,17-,21+/m0/s1. The second-order valence-electron chi connectivity index (χ2n) is 8.00. The van der Waals surface area contributed by atoms with Crippen LogP contribution in [-0.4, -0.2) is 92.1 Å². The van der Waals surface area contributed by atoms with Gasteiger partial charge in [-0.3, -0.25) is 9.36 Å². The summed E-state index contributed by atoms with van der Waals surface area (Å²) in [6.07, 6.45) is -2.32. The number of piperazine rings is 1. The molecular weight excluding hydrogens is 430 g/mol. The molecule has 2 aliphatic rings. The van der Waals surface area contributed by atoms with Crippen molar-refractivity contribution in [3.8, 4) is 5.75 Å². The lowest BCUT2D eigenvalue weighted by Gasteiger charge is -2.37. The van der Waals surface area contributed by atoms with Gasteiger partial charge in [-0.25, -0.2) is 15.0 Å². The molecule has 4 atom stereocenters. The molecule has 2 aromatic heterocycles. The largest absolute Gasteiger partial charge is 0.495 e. The Morgan fingerprint density at radius 2 is 1.88 bits per heavy atom. The van der Waals surface area contributed by atoms with E-state index < -0.39 is 24.5 Å². The van der Waals surface area contributed by atoms with E-state index in [2.05, 4.69) is 19.9 Å². The molecule has 0 unspecified atom stereocenters. The quantitative estimate of drug-likeness (QED) is 0.464. The molecule has 2 aliphatic heterocycles. The first-order valence-corrected chi connectivity index (χ1v) is 10.6. The third-order valence-corrected chi connectivity index (χ3v) is 6.16. The van der Waals surface area contributed by atoms with Crippen molar-refractivity contribution in [2.45, 2.75) is 24.5 Å². The zero-order valence-corrected chi connectivity index (χ0v) is 18.0. The number of carbonyl (C=O) groups is 1. The Labute approximate surface area is 189 Å². The molecule has 0 radical (unpaired) electrons. The minimum atomic E-state index is -1.40. The first kappa shape index (κ1) is 21.4. The van der Waals surface area contributed by atoms with Crippen LogP contribution in [0.2, 0.25) is 0 Å². The van der Waals surface area contributed by atoms with Gasteiger partial charge in [0, 0.05) is 26.2 Å². The van der Waals surface area contributed by atoms with E-state index in [9.17, 15) is 15.0 Å². The monoisotopic (exact) mass is 455 g/mol. The Morgan fingerprint density at radius 1 is 1.12 bits per heavy atom. The molecule has 0 aliphatic carbocycles. The zero-order chi connectivity index (χ0) is 23.1. The highest BCUT2D eigenvalue weighted by atomic mass is 16.6. The van der Waals surface area contributed by atoms with Crippen LogP contribution in [0.1, 0.15) is 6.23 Å². The molecule has 174 valence electrons. The number of imidazole rings is 1. The number of aromatic nitrogens is 4. The van der Waals surface area contributed by atoms with E-state index in [1.165, 1.54) is 17.2 Å². The van der Waals surface area contributed by atoms with Crippen LogP contribution < -0.4 is 15.4 Å². The van der Waals surface area contributed by atoms with E-state index in [0.29, 0.717) is 37.3 Å². The van der Waals surface area contributed by atoms with E-state index in [0.717, 1.165) is 11.4 Å². The molecule has 3 aromatic rings. The normalized spacial score (nSPS) is 25.5. The molecule has 4 heterocycles. The van der Waals surface area contributed by atoms with Gasteiger partial charge in [-0.2, -0.15) is 0 Å². The number of hydrogen-bond acceptors (Lipinski definition) is 10. The van der Waals surface area contributed by atoms with Gasteiger partial charge in [-0.05, 0) is 12.1 Å². The van der Waals surface area contributed by atoms with Crippen LogP contribution in [0.3, 0.4) is 0 Å². The average molecular weight is 455 g/mol. The molecule has 2 fully saturated rings. The summed E-state index contributed by atoms with van der Waals surface area (Å²) >= 11 is 0. The molecule has 5 rings (SSSR count). The fraction of sp³-hybridized carbons (Fsp3) is 0.429. The van der Waals surface area contributed by atoms with Gasteiger partial charge in [0.1, 0.15) is 29.8 Å². The smallest absolute Gasteiger partial charge is 0.254 e. The van der Waals surface area contributed by atoms with E-state index in [1.807, 2.05) is 24.3 Å². The SMILES string of the molecule is COc1ccccc1N1CCN(C(=O)[C@H]2O[C@@H](n3cnc4c(N)ncnc43)[C@H](O)[C@@H]2O)CC1. The van der Waals surface area contributed by atoms with Gasteiger partial charge < -0.3 is 35.2 Å². The number of nitrogens with zero attached hydrogens (tertiary/aromatic N) is 6. The van der Waals surface area contributed by atoms with Gasteiger partial charge in [-0.15, -0.1) is 0 Å². The summed E-state index contributed by atoms with van der Waals surface area (Å²) in [7, 11) is 1.63. The lowest BCUT2D eigenvalue weighted by molar-refractivity contribution is -0.148. The summed E-state index contributed by atoms with van der Waals surface area (Å²) in [5.74, 6) is 0.587. The zero-order valence-electron chi connectivity index (χ0n) is 18.0. The van der Waals surface area contributed by atoms with Crippen molar-refractivity contribution in [2.24, 2.45) is 0 Å². The van der Waals surface area contributed by atoms with E-state index in [4.69, 9.17) is 15.2 Å². The Kier molecular flexibility index (Phi) is 5.48. The van der Waals surface area contributed by atoms with E-state index in [1.54, 1.807) is 12.0 Å². The molecule has 0 spiro atoms. The maximum absolute atomic E-state index is 13.2. The number of amides is 1. The number of rotatable bonds is 4. The minimum absolute atomic E-state index is 0.187. The Balaban J connectivity index is 1.29. The number of nitrogens with two attached hydrogens (primary N) is 1. The van der Waals surface area contributed by atoms with Crippen molar-refractivity contribution in [3.63, 3.8) is 0 Å². The number of aliphatic hydroxyl groups excluding tert-OH is 2. The topological polar surface area (TPSA) is 152 Å². The molecule has 33 heavy (non-hydrogen) atoms. The number of nitrogen functional groups attached to an aromatic ring is 1. The fourth-order valence-electron chi connectivity index (χ4n) is 4.39. The number of ether oxygens (including phenoxy) is 2. The lowest BCUT2D eigenvalue weighted by atomic mass is 10.1. The van der Waals surface area contributed by atoms with Crippen LogP contribution >= 0.6 is 0 Å². The van der Waals surface area contributed by atoms with Crippen LogP contribution in [0.15, 0.2) is 36.9 Å². The number of fused-ring (bicyclic) bond motifs is 1. The Hall–Kier alpha value is -3.48. The number of methoxy groups -OCH3 is 1. The summed E-state index contributed by atoms with van der Waals surface area (Å²) in [6.45, 7) is 2.09. The third kappa shape index (κ3) is 3.61. The van der Waals surface area contributed by atoms with Gasteiger partial charge in [-0.1, -0.05) is 12.1 Å². The molecule has 12 nitrogen and oxygen atoms in total. The van der Waals surface area contributed by atoms with Crippen molar-refractivity contribution in [2.75, 3.05) is 43.9 Å². The lowest BCUT2D eigenvalue weighted by Crippen LogP contribution is -2.53. The summed E-state index contributed by atoms with van der Waals surface area (Å²) in [6, 6.07) is 7.73. The van der Waals surface area contributed by atoms with Gasteiger partial charge in [0.15, 0.2) is 23.8 Å². The first-order valence-electron chi connectivity index (χ1n) is 10.6. The van der Waals surface area contributed by atoms with Crippen molar-refractivity contribution in [1.29, 1.82) is 0 Å². The summed E-state index contributed by atoms with van der Waals surface area (Å²) in [5, 5.41) is 21.2. The summed E-state index contributed by atoms with van der Waals surface area (Å²) in [5.41, 5.74) is 7.48. The molecule has 0 saturated carbocycles. The van der Waals surface area contributed by atoms with Crippen LogP contribution in [0.5, 0.6) is 5.75 Å². The van der Waals surface area contributed by atoms with Gasteiger partial charge in [0.25, 0.3) is 5.91 Å². The predicted octanol–water partition coefficient (Wildman–Crippen LogP) is -0.615. The molecule has 1 aromatic carbocycles. The van der Waals surface area contributed by atoms with Gasteiger partial charge in [0.05, 0.1) is 19.1 Å². The van der Waals surface area contributed by atoms with Crippen molar-refractivity contribution in [3.05, 3.63) is 36.9 Å². The number of carbonyl (C=O) groups excluding carboxylic acids is 1. The molecular formula is C21H25N7O5. The number of aliphatic hydroxyl groups is 2. The Morgan fingerprint density at radius 3 is 2.64 bits per heavy atom. The first-order chi connectivity index (χ1) is 16.0. The van der Waals surface area contributed by atoms with Crippen molar-refractivity contribution >= 4 is 28.6 Å². The number of anilines is 2. The van der Waals surface area contributed by atoms with Gasteiger partial charge in [0.2, 0.25) is 0 Å². The van der Waals surface area contributed by atoms with Crippen LogP contribution in [-0.2, 0) is 9.53 Å². The number of hydrogen-bond donors (Lipinski definition) is 3. The third-order valence-electron chi connectivity index (χ3n) is 6.16. The maximum Gasteiger partial charge on any atom is 0.254 e. The highest BCUT2D eigenvalue weighted by Crippen LogP contribution is 2.33. The molecule has 4 N–H and O–H groups in total. The predicted molar refractivity (Wildman–Crippen MR) is 117 cm³/mol. The molecule has 1 amide bonds. The summed E-state index contributed by atoms with van der Waals surface area (Å²) < 4.78 is 12.7. The van der Waals surface area contributed by atoms with E-state index in [-0.39, 0.29) is 11.7 Å². The van der Waals surface area contributed by atoms with Crippen LogP contribution in [0, 0.1) is 0 Å². The Bertz CT molecular complexity index is 1160. The van der Waals surface area contributed by atoms with E-state index >= 15 is 0 Å². The van der Waals surface area contributed by atoms with Crippen LogP contribution in [0.4, 0.5) is 11.5 Å². The average Bonchev–Trinajstić information content (AvgIpc) is 3.40. The van der Waals surface area contributed by atoms with Gasteiger partial charge >= 0.3 is 0 Å².